The van der Waals surface area contributed by atoms with Gasteiger partial charge in [-0.3, -0.25) is 4.79 Å². The van der Waals surface area contributed by atoms with Gasteiger partial charge in [0.15, 0.2) is 0 Å². The number of nitrogens with one attached hydrogen (secondary N) is 1. The average molecular weight is 323 g/mol. The highest BCUT2D eigenvalue weighted by Gasteiger charge is 2.28. The van der Waals surface area contributed by atoms with Crippen LogP contribution in [0.3, 0.4) is 0 Å². The van der Waals surface area contributed by atoms with Crippen molar-refractivity contribution in [1.82, 2.24) is 5.32 Å². The van der Waals surface area contributed by atoms with Gasteiger partial charge in [-0.2, -0.15) is 0 Å². The number of carbonyl (C=O) groups excluding carboxylic acids is 1. The predicted molar refractivity (Wildman–Crippen MR) is 88.0 cm³/mol. The zero-order valence-corrected chi connectivity index (χ0v) is 14.3. The van der Waals surface area contributed by atoms with E-state index in [1.54, 1.807) is 0 Å². The van der Waals surface area contributed by atoms with E-state index in [2.05, 4.69) is 5.32 Å². The number of amides is 1. The summed E-state index contributed by atoms with van der Waals surface area (Å²) in [6.45, 7) is 5.90. The molecule has 0 radical (unpaired) electrons. The number of benzene rings is 1. The molecule has 1 aromatic carbocycles. The minimum Gasteiger partial charge on any atom is -0.351 e. The van der Waals surface area contributed by atoms with Gasteiger partial charge in [-0.05, 0) is 63.6 Å². The molecule has 0 saturated heterocycles. The first-order valence-electron chi connectivity index (χ1n) is 8.50. The van der Waals surface area contributed by atoms with Crippen molar-refractivity contribution in [2.24, 2.45) is 11.8 Å². The molecule has 1 unspecified atom stereocenters. The fourth-order valence-corrected chi connectivity index (χ4v) is 3.05. The van der Waals surface area contributed by atoms with Crippen LogP contribution in [-0.2, 0) is 11.2 Å². The highest BCUT2D eigenvalue weighted by Crippen LogP contribution is 2.34. The Kier molecular flexibility index (Phi) is 5.77. The first kappa shape index (κ1) is 17.9. The molecule has 128 valence electrons. The van der Waals surface area contributed by atoms with Crippen molar-refractivity contribution in [3.05, 3.63) is 35.4 Å². The lowest BCUT2D eigenvalue weighted by Gasteiger charge is -2.31. The van der Waals surface area contributed by atoms with Crippen LogP contribution in [0.15, 0.2) is 18.2 Å². The van der Waals surface area contributed by atoms with Gasteiger partial charge in [-0.1, -0.05) is 19.3 Å². The molecule has 0 spiro atoms. The molecule has 1 fully saturated rings. The zero-order chi connectivity index (χ0) is 17.0. The summed E-state index contributed by atoms with van der Waals surface area (Å²) in [5, 5.41) is 3.04. The lowest BCUT2D eigenvalue weighted by atomic mass is 9.77. The minimum atomic E-state index is -0.560. The Morgan fingerprint density at radius 2 is 1.83 bits per heavy atom. The molecule has 1 N–H and O–H groups in total. The molecule has 0 heterocycles. The quantitative estimate of drug-likeness (QED) is 0.813. The van der Waals surface area contributed by atoms with E-state index >= 15 is 0 Å². The maximum atomic E-state index is 13.3. The van der Waals surface area contributed by atoms with Crippen LogP contribution in [0.4, 0.5) is 8.78 Å². The van der Waals surface area contributed by atoms with Crippen LogP contribution in [0.2, 0.25) is 0 Å². The highest BCUT2D eigenvalue weighted by molar-refractivity contribution is 5.79. The van der Waals surface area contributed by atoms with Crippen LogP contribution in [-0.4, -0.2) is 11.4 Å². The second kappa shape index (κ2) is 7.41. The predicted octanol–water partition coefficient (Wildman–Crippen LogP) is 4.62. The maximum absolute atomic E-state index is 13.3. The molecular formula is C19H27F2NO. The van der Waals surface area contributed by atoms with Crippen molar-refractivity contribution in [3.8, 4) is 0 Å². The average Bonchev–Trinajstić information content (AvgIpc) is 2.33. The Bertz CT molecular complexity index is 527. The maximum Gasteiger partial charge on any atom is 0.223 e. The second-order valence-electron chi connectivity index (χ2n) is 7.79. The molecule has 0 aliphatic heterocycles. The lowest BCUT2D eigenvalue weighted by Crippen LogP contribution is -2.44. The van der Waals surface area contributed by atoms with E-state index in [0.717, 1.165) is 12.5 Å². The topological polar surface area (TPSA) is 29.1 Å². The van der Waals surface area contributed by atoms with Gasteiger partial charge in [0.2, 0.25) is 5.91 Å². The van der Waals surface area contributed by atoms with Crippen LogP contribution in [0, 0.1) is 23.5 Å². The summed E-state index contributed by atoms with van der Waals surface area (Å²) in [7, 11) is 0. The third-order valence-corrected chi connectivity index (χ3v) is 4.42. The Hall–Kier alpha value is -1.45. The third kappa shape index (κ3) is 5.92. The Balaban J connectivity index is 1.99. The SMILES string of the molecule is CC(C)(C)NC(=O)C(CCc1cc(F)cc(F)c1)CC1CCC1. The minimum absolute atomic E-state index is 0.0567. The first-order chi connectivity index (χ1) is 10.7. The largest absolute Gasteiger partial charge is 0.351 e. The van der Waals surface area contributed by atoms with Crippen LogP contribution in [0.1, 0.15) is 58.4 Å². The Labute approximate surface area is 137 Å². The van der Waals surface area contributed by atoms with Gasteiger partial charge in [0, 0.05) is 17.5 Å². The van der Waals surface area contributed by atoms with Crippen LogP contribution in [0.25, 0.3) is 0 Å². The van der Waals surface area contributed by atoms with Crippen molar-refractivity contribution in [2.75, 3.05) is 0 Å². The molecule has 2 rings (SSSR count). The molecule has 1 saturated carbocycles. The van der Waals surface area contributed by atoms with E-state index in [-0.39, 0.29) is 17.4 Å². The van der Waals surface area contributed by atoms with Gasteiger partial charge in [0.1, 0.15) is 11.6 Å². The summed E-state index contributed by atoms with van der Waals surface area (Å²) in [6.07, 6.45) is 5.64. The molecule has 4 heteroatoms. The fourth-order valence-electron chi connectivity index (χ4n) is 3.05. The van der Waals surface area contributed by atoms with Gasteiger partial charge in [0.05, 0.1) is 0 Å². The molecule has 1 amide bonds. The van der Waals surface area contributed by atoms with Gasteiger partial charge in [-0.15, -0.1) is 0 Å². The number of hydrogen-bond donors (Lipinski definition) is 1. The standard InChI is InChI=1S/C19H27F2NO/c1-19(2,3)22-18(23)15(9-13-5-4-6-13)8-7-14-10-16(20)12-17(21)11-14/h10-13,15H,4-9H2,1-3H3,(H,22,23). The van der Waals surface area contributed by atoms with E-state index in [4.69, 9.17) is 0 Å². The molecule has 1 aliphatic rings. The third-order valence-electron chi connectivity index (χ3n) is 4.42. The molecule has 23 heavy (non-hydrogen) atoms. The molecule has 1 aromatic rings. The number of aryl methyl sites for hydroxylation is 1. The van der Waals surface area contributed by atoms with Crippen molar-refractivity contribution in [1.29, 1.82) is 0 Å². The summed E-state index contributed by atoms with van der Waals surface area (Å²) in [5.41, 5.74) is 0.351. The Morgan fingerprint density at radius 3 is 2.30 bits per heavy atom. The smallest absolute Gasteiger partial charge is 0.223 e. The molecule has 1 atom stereocenters. The number of hydrogen-bond acceptors (Lipinski definition) is 1. The summed E-state index contributed by atoms with van der Waals surface area (Å²) < 4.78 is 26.6. The van der Waals surface area contributed by atoms with Crippen LogP contribution < -0.4 is 5.32 Å². The normalized spacial score (nSPS) is 16.7. The van der Waals surface area contributed by atoms with Crippen LogP contribution in [0.5, 0.6) is 0 Å². The van der Waals surface area contributed by atoms with Gasteiger partial charge in [0.25, 0.3) is 0 Å². The first-order valence-corrected chi connectivity index (χ1v) is 8.50. The lowest BCUT2D eigenvalue weighted by molar-refractivity contribution is -0.127. The number of rotatable bonds is 6. The van der Waals surface area contributed by atoms with Crippen molar-refractivity contribution in [2.45, 2.75) is 64.8 Å². The highest BCUT2D eigenvalue weighted by atomic mass is 19.1. The Morgan fingerprint density at radius 1 is 1.22 bits per heavy atom. The molecule has 0 bridgehead atoms. The van der Waals surface area contributed by atoms with E-state index in [1.807, 2.05) is 20.8 Å². The summed E-state index contributed by atoms with van der Waals surface area (Å²) in [5.74, 6) is -0.536. The van der Waals surface area contributed by atoms with E-state index in [1.165, 1.54) is 31.4 Å². The molecular weight excluding hydrogens is 296 g/mol. The summed E-state index contributed by atoms with van der Waals surface area (Å²) in [4.78, 5) is 12.5. The van der Waals surface area contributed by atoms with Crippen molar-refractivity contribution < 1.29 is 13.6 Å². The monoisotopic (exact) mass is 323 g/mol. The summed E-state index contributed by atoms with van der Waals surface area (Å²) in [6, 6.07) is 3.58. The second-order valence-corrected chi connectivity index (χ2v) is 7.79. The van der Waals surface area contributed by atoms with Gasteiger partial charge < -0.3 is 5.32 Å². The summed E-state index contributed by atoms with van der Waals surface area (Å²) >= 11 is 0. The molecule has 1 aliphatic carbocycles. The van der Waals surface area contributed by atoms with Crippen molar-refractivity contribution in [3.63, 3.8) is 0 Å². The van der Waals surface area contributed by atoms with E-state index < -0.39 is 11.6 Å². The zero-order valence-electron chi connectivity index (χ0n) is 14.3. The van der Waals surface area contributed by atoms with E-state index in [0.29, 0.717) is 24.3 Å². The van der Waals surface area contributed by atoms with Gasteiger partial charge in [-0.25, -0.2) is 8.78 Å². The van der Waals surface area contributed by atoms with Crippen molar-refractivity contribution >= 4 is 5.91 Å². The molecule has 2 nitrogen and oxygen atoms in total. The molecule has 0 aromatic heterocycles. The van der Waals surface area contributed by atoms with E-state index in [9.17, 15) is 13.6 Å². The number of halogens is 2. The number of carbonyl (C=O) groups is 1. The van der Waals surface area contributed by atoms with Gasteiger partial charge >= 0.3 is 0 Å². The van der Waals surface area contributed by atoms with Crippen LogP contribution >= 0.6 is 0 Å². The fraction of sp³-hybridized carbons (Fsp3) is 0.632.